The molecule has 8 heteroatoms. The largest absolute Gasteiger partial charge is 0.424 e. The molecule has 0 aliphatic carbocycles. The van der Waals surface area contributed by atoms with E-state index in [-0.39, 0.29) is 17.5 Å². The van der Waals surface area contributed by atoms with Crippen LogP contribution in [0.1, 0.15) is 10.5 Å². The Balaban J connectivity index is 2.03. The maximum Gasteiger partial charge on any atom is 0.324 e. The molecule has 0 bridgehead atoms. The van der Waals surface area contributed by atoms with Crippen molar-refractivity contribution < 1.29 is 13.9 Å². The van der Waals surface area contributed by atoms with Crippen LogP contribution in [-0.4, -0.2) is 26.1 Å². The Kier molecular flexibility index (Phi) is 2.75. The zero-order valence-corrected chi connectivity index (χ0v) is 10.0. The summed E-state index contributed by atoms with van der Waals surface area (Å²) >= 11 is 0. The number of rotatable bonds is 3. The van der Waals surface area contributed by atoms with E-state index in [1.165, 1.54) is 30.5 Å². The van der Waals surface area contributed by atoms with Gasteiger partial charge in [0.25, 0.3) is 5.91 Å². The zero-order valence-electron chi connectivity index (χ0n) is 10.0. The predicted octanol–water partition coefficient (Wildman–Crippen LogP) is 1.38. The highest BCUT2D eigenvalue weighted by atomic mass is 19.1. The average Bonchev–Trinajstić information content (AvgIpc) is 2.88. The maximum atomic E-state index is 12.8. The molecule has 2 aromatic heterocycles. The molecule has 0 aliphatic heterocycles. The highest BCUT2D eigenvalue weighted by Gasteiger charge is 2.15. The number of nitrogens with one attached hydrogen (secondary N) is 1. The van der Waals surface area contributed by atoms with Crippen LogP contribution in [0.5, 0.6) is 11.8 Å². The van der Waals surface area contributed by atoms with Gasteiger partial charge in [-0.25, -0.2) is 4.39 Å². The van der Waals surface area contributed by atoms with E-state index in [2.05, 4.69) is 20.2 Å². The standard InChI is InChI=1S/C12H8FN5O2/c13-6-1-3-7(4-2-6)20-12-16-9(10(14)19)8-5-15-18-11(8)17-12/h1-5H,(H2,14,19)(H,15,16,17,18). The van der Waals surface area contributed by atoms with Crippen molar-refractivity contribution in [2.75, 3.05) is 0 Å². The van der Waals surface area contributed by atoms with Crippen LogP contribution in [0.15, 0.2) is 30.5 Å². The lowest BCUT2D eigenvalue weighted by Gasteiger charge is -2.05. The summed E-state index contributed by atoms with van der Waals surface area (Å²) in [6.45, 7) is 0. The predicted molar refractivity (Wildman–Crippen MR) is 66.7 cm³/mol. The lowest BCUT2D eigenvalue weighted by Crippen LogP contribution is -2.14. The van der Waals surface area contributed by atoms with Gasteiger partial charge in [0, 0.05) is 0 Å². The van der Waals surface area contributed by atoms with Gasteiger partial charge in [-0.1, -0.05) is 0 Å². The molecule has 1 amide bonds. The van der Waals surface area contributed by atoms with E-state index in [0.717, 1.165) is 0 Å². The van der Waals surface area contributed by atoms with Crippen LogP contribution in [0.3, 0.4) is 0 Å². The number of hydrogen-bond donors (Lipinski definition) is 2. The highest BCUT2D eigenvalue weighted by molar-refractivity contribution is 6.02. The minimum atomic E-state index is -0.720. The Morgan fingerprint density at radius 2 is 2.00 bits per heavy atom. The Hall–Kier alpha value is -3.03. The van der Waals surface area contributed by atoms with Gasteiger partial charge in [-0.15, -0.1) is 0 Å². The molecule has 0 unspecified atom stereocenters. The van der Waals surface area contributed by atoms with Crippen LogP contribution in [0.25, 0.3) is 11.0 Å². The van der Waals surface area contributed by atoms with E-state index in [4.69, 9.17) is 10.5 Å². The fourth-order valence-electron chi connectivity index (χ4n) is 1.66. The monoisotopic (exact) mass is 273 g/mol. The molecule has 0 fully saturated rings. The number of halogens is 1. The number of hydrogen-bond acceptors (Lipinski definition) is 5. The SMILES string of the molecule is NC(=O)c1nc(Oc2ccc(F)cc2)nc2[nH]ncc12. The van der Waals surface area contributed by atoms with E-state index in [1.807, 2.05) is 0 Å². The molecule has 7 nitrogen and oxygen atoms in total. The first-order chi connectivity index (χ1) is 9.63. The molecule has 0 spiro atoms. The van der Waals surface area contributed by atoms with Crippen molar-refractivity contribution in [1.29, 1.82) is 0 Å². The molecular formula is C12H8FN5O2. The van der Waals surface area contributed by atoms with Crippen molar-refractivity contribution in [1.82, 2.24) is 20.2 Å². The fraction of sp³-hybridized carbons (Fsp3) is 0. The van der Waals surface area contributed by atoms with Gasteiger partial charge in [0.1, 0.15) is 17.3 Å². The molecule has 0 aliphatic rings. The smallest absolute Gasteiger partial charge is 0.324 e. The normalized spacial score (nSPS) is 10.7. The second-order valence-corrected chi connectivity index (χ2v) is 3.91. The van der Waals surface area contributed by atoms with Crippen molar-refractivity contribution in [2.45, 2.75) is 0 Å². The van der Waals surface area contributed by atoms with E-state index < -0.39 is 5.91 Å². The van der Waals surface area contributed by atoms with Gasteiger partial charge < -0.3 is 10.5 Å². The number of nitrogens with two attached hydrogens (primary N) is 1. The molecule has 0 saturated carbocycles. The van der Waals surface area contributed by atoms with Crippen LogP contribution in [-0.2, 0) is 0 Å². The third kappa shape index (κ3) is 2.14. The summed E-state index contributed by atoms with van der Waals surface area (Å²) in [7, 11) is 0. The lowest BCUT2D eigenvalue weighted by molar-refractivity contribution is 0.0996. The van der Waals surface area contributed by atoms with Crippen molar-refractivity contribution in [3.8, 4) is 11.8 Å². The summed E-state index contributed by atoms with van der Waals surface area (Å²) < 4.78 is 18.2. The number of ether oxygens (including phenoxy) is 1. The molecule has 3 rings (SSSR count). The molecule has 20 heavy (non-hydrogen) atoms. The number of nitrogens with zero attached hydrogens (tertiary/aromatic N) is 3. The third-order valence-electron chi connectivity index (χ3n) is 2.55. The first-order valence-electron chi connectivity index (χ1n) is 5.58. The number of benzene rings is 1. The van der Waals surface area contributed by atoms with Gasteiger partial charge in [0.05, 0.1) is 11.6 Å². The number of fused-ring (bicyclic) bond motifs is 1. The van der Waals surface area contributed by atoms with Crippen molar-refractivity contribution in [3.05, 3.63) is 42.0 Å². The van der Waals surface area contributed by atoms with Gasteiger partial charge in [0.2, 0.25) is 0 Å². The average molecular weight is 273 g/mol. The summed E-state index contributed by atoms with van der Waals surface area (Å²) in [4.78, 5) is 19.3. The van der Waals surface area contributed by atoms with E-state index >= 15 is 0 Å². The number of aromatic nitrogens is 4. The second kappa shape index (κ2) is 4.57. The zero-order chi connectivity index (χ0) is 14.1. The molecule has 3 aromatic rings. The minimum Gasteiger partial charge on any atom is -0.424 e. The van der Waals surface area contributed by atoms with Gasteiger partial charge in [-0.05, 0) is 24.3 Å². The Bertz CT molecular complexity index is 784. The van der Waals surface area contributed by atoms with Gasteiger partial charge in [-0.2, -0.15) is 15.1 Å². The van der Waals surface area contributed by atoms with Crippen LogP contribution < -0.4 is 10.5 Å². The first-order valence-corrected chi connectivity index (χ1v) is 5.58. The Labute approximate surface area is 111 Å². The number of aromatic amines is 1. The van der Waals surface area contributed by atoms with E-state index in [9.17, 15) is 9.18 Å². The number of carbonyl (C=O) groups excluding carboxylic acids is 1. The lowest BCUT2D eigenvalue weighted by atomic mass is 10.3. The van der Waals surface area contributed by atoms with Gasteiger partial charge >= 0.3 is 6.01 Å². The van der Waals surface area contributed by atoms with Gasteiger partial charge in [-0.3, -0.25) is 9.89 Å². The van der Waals surface area contributed by atoms with Crippen LogP contribution in [0.4, 0.5) is 4.39 Å². The van der Waals surface area contributed by atoms with Crippen molar-refractivity contribution in [3.63, 3.8) is 0 Å². The van der Waals surface area contributed by atoms with E-state index in [1.54, 1.807) is 0 Å². The summed E-state index contributed by atoms with van der Waals surface area (Å²) in [6.07, 6.45) is 1.40. The summed E-state index contributed by atoms with van der Waals surface area (Å²) in [5.41, 5.74) is 5.57. The van der Waals surface area contributed by atoms with E-state index in [0.29, 0.717) is 16.8 Å². The fourth-order valence-corrected chi connectivity index (χ4v) is 1.66. The summed E-state index contributed by atoms with van der Waals surface area (Å²) in [5.74, 6) is -0.774. The Morgan fingerprint density at radius 1 is 1.25 bits per heavy atom. The topological polar surface area (TPSA) is 107 Å². The maximum absolute atomic E-state index is 12.8. The van der Waals surface area contributed by atoms with Crippen LogP contribution in [0, 0.1) is 5.82 Å². The quantitative estimate of drug-likeness (QED) is 0.749. The number of carbonyl (C=O) groups is 1. The summed E-state index contributed by atoms with van der Waals surface area (Å²) in [6, 6.07) is 5.22. The molecular weight excluding hydrogens is 265 g/mol. The molecule has 0 atom stereocenters. The second-order valence-electron chi connectivity index (χ2n) is 3.91. The van der Waals surface area contributed by atoms with Crippen LogP contribution >= 0.6 is 0 Å². The highest BCUT2D eigenvalue weighted by Crippen LogP contribution is 2.21. The van der Waals surface area contributed by atoms with Gasteiger partial charge in [0.15, 0.2) is 5.65 Å². The Morgan fingerprint density at radius 3 is 2.70 bits per heavy atom. The molecule has 0 saturated heterocycles. The van der Waals surface area contributed by atoms with Crippen molar-refractivity contribution >= 4 is 16.9 Å². The minimum absolute atomic E-state index is 0.000798. The molecule has 1 aromatic carbocycles. The molecule has 2 heterocycles. The first kappa shape index (κ1) is 12.0. The number of H-pyrrole nitrogens is 1. The molecule has 3 N–H and O–H groups in total. The summed E-state index contributed by atoms with van der Waals surface area (Å²) in [5, 5.41) is 6.77. The van der Waals surface area contributed by atoms with Crippen molar-refractivity contribution in [2.24, 2.45) is 5.73 Å². The van der Waals surface area contributed by atoms with Crippen LogP contribution in [0.2, 0.25) is 0 Å². The third-order valence-corrected chi connectivity index (χ3v) is 2.55. The number of primary amides is 1. The molecule has 100 valence electrons. The molecule has 0 radical (unpaired) electrons. The number of amides is 1.